The number of amidine groups is 1. The van der Waals surface area contributed by atoms with Gasteiger partial charge in [0.25, 0.3) is 0 Å². The zero-order chi connectivity index (χ0) is 21.6. The van der Waals surface area contributed by atoms with E-state index in [2.05, 4.69) is 68.6 Å². The third-order valence-electron chi connectivity index (χ3n) is 5.39. The average molecular weight is 396 g/mol. The first-order chi connectivity index (χ1) is 13.7. The number of halogens is 1. The highest BCUT2D eigenvalue weighted by Crippen LogP contribution is 2.27. The summed E-state index contributed by atoms with van der Waals surface area (Å²) in [7, 11) is 0. The number of hydrogen-bond donors (Lipinski definition) is 0. The predicted molar refractivity (Wildman–Crippen MR) is 123 cm³/mol. The van der Waals surface area contributed by atoms with E-state index in [0.717, 1.165) is 48.6 Å². The molecular formula is C25H34FN3. The van der Waals surface area contributed by atoms with Gasteiger partial charge in [-0.1, -0.05) is 37.8 Å². The highest BCUT2D eigenvalue weighted by Gasteiger charge is 2.33. The Labute approximate surface area is 175 Å². The molecule has 1 fully saturated rings. The number of rotatable bonds is 6. The van der Waals surface area contributed by atoms with Crippen LogP contribution < -0.4 is 0 Å². The Morgan fingerprint density at radius 2 is 1.83 bits per heavy atom. The monoisotopic (exact) mass is 395 g/mol. The van der Waals surface area contributed by atoms with Gasteiger partial charge in [-0.3, -0.25) is 0 Å². The number of allylic oxidation sites excluding steroid dienone is 2. The molecule has 0 atom stereocenters. The summed E-state index contributed by atoms with van der Waals surface area (Å²) in [4.78, 5) is 9.29. The summed E-state index contributed by atoms with van der Waals surface area (Å²) in [5.41, 5.74) is 4.42. The first kappa shape index (κ1) is 22.7. The van der Waals surface area contributed by atoms with Gasteiger partial charge in [0.2, 0.25) is 0 Å². The van der Waals surface area contributed by atoms with E-state index in [9.17, 15) is 4.39 Å². The molecule has 0 bridgehead atoms. The Hall–Kier alpha value is -2.62. The van der Waals surface area contributed by atoms with Crippen LogP contribution in [0.2, 0.25) is 0 Å². The lowest BCUT2D eigenvalue weighted by molar-refractivity contribution is 0.0948. The predicted octanol–water partition coefficient (Wildman–Crippen LogP) is 6.04. The normalized spacial score (nSPS) is 17.2. The number of benzene rings is 1. The van der Waals surface area contributed by atoms with Crippen molar-refractivity contribution in [3.05, 3.63) is 78.4 Å². The van der Waals surface area contributed by atoms with Crippen LogP contribution in [0.25, 0.3) is 5.57 Å². The highest BCUT2D eigenvalue weighted by molar-refractivity contribution is 6.03. The molecule has 1 aliphatic rings. The number of aliphatic imine (C=N–C) groups is 1. The van der Waals surface area contributed by atoms with Gasteiger partial charge in [0.05, 0.1) is 5.54 Å². The van der Waals surface area contributed by atoms with E-state index < -0.39 is 0 Å². The Kier molecular flexibility index (Phi) is 7.60. The molecule has 1 saturated heterocycles. The highest BCUT2D eigenvalue weighted by atomic mass is 19.1. The second-order valence-corrected chi connectivity index (χ2v) is 8.19. The second kappa shape index (κ2) is 9.73. The molecule has 0 spiro atoms. The molecule has 0 saturated carbocycles. The fourth-order valence-electron chi connectivity index (χ4n) is 3.76. The van der Waals surface area contributed by atoms with Crippen LogP contribution >= 0.6 is 0 Å². The van der Waals surface area contributed by atoms with Gasteiger partial charge in [-0.15, -0.1) is 0 Å². The SMILES string of the molecule is C=CN=C(C(/C=C(\CC)c1ccc(F)cc1)=C(C)C)N1CCN(C=C)C(C)(C)C1. The Morgan fingerprint density at radius 1 is 1.17 bits per heavy atom. The molecule has 29 heavy (non-hydrogen) atoms. The van der Waals surface area contributed by atoms with Gasteiger partial charge >= 0.3 is 0 Å². The third kappa shape index (κ3) is 5.47. The zero-order valence-corrected chi connectivity index (χ0v) is 18.5. The summed E-state index contributed by atoms with van der Waals surface area (Å²) >= 11 is 0. The third-order valence-corrected chi connectivity index (χ3v) is 5.39. The number of nitrogens with zero attached hydrogens (tertiary/aromatic N) is 3. The minimum absolute atomic E-state index is 0.0387. The Balaban J connectivity index is 2.46. The quantitative estimate of drug-likeness (QED) is 0.332. The van der Waals surface area contributed by atoms with Crippen molar-refractivity contribution in [1.29, 1.82) is 0 Å². The van der Waals surface area contributed by atoms with Gasteiger partial charge in [0.1, 0.15) is 11.7 Å². The summed E-state index contributed by atoms with van der Waals surface area (Å²) in [5.74, 6) is 0.715. The van der Waals surface area contributed by atoms with Crippen LogP contribution in [0, 0.1) is 5.82 Å². The van der Waals surface area contributed by atoms with Crippen LogP contribution in [0.15, 0.2) is 72.0 Å². The first-order valence-corrected chi connectivity index (χ1v) is 10.2. The number of hydrogen-bond acceptors (Lipinski definition) is 2. The van der Waals surface area contributed by atoms with E-state index in [4.69, 9.17) is 0 Å². The molecule has 0 amide bonds. The van der Waals surface area contributed by atoms with Gasteiger partial charge < -0.3 is 9.80 Å². The summed E-state index contributed by atoms with van der Waals surface area (Å²) in [5, 5.41) is 0. The van der Waals surface area contributed by atoms with Crippen LogP contribution in [0.5, 0.6) is 0 Å². The number of piperazine rings is 1. The van der Waals surface area contributed by atoms with Crippen LogP contribution in [-0.2, 0) is 0 Å². The maximum Gasteiger partial charge on any atom is 0.135 e. The van der Waals surface area contributed by atoms with E-state index in [1.807, 2.05) is 18.3 Å². The van der Waals surface area contributed by atoms with Crippen molar-refractivity contribution in [1.82, 2.24) is 9.80 Å². The Bertz CT molecular complexity index is 824. The van der Waals surface area contributed by atoms with E-state index in [1.54, 1.807) is 6.20 Å². The van der Waals surface area contributed by atoms with Crippen molar-refractivity contribution in [2.45, 2.75) is 46.6 Å². The van der Waals surface area contributed by atoms with Crippen molar-refractivity contribution >= 4 is 11.4 Å². The second-order valence-electron chi connectivity index (χ2n) is 8.19. The molecule has 0 N–H and O–H groups in total. The zero-order valence-electron chi connectivity index (χ0n) is 18.5. The van der Waals surface area contributed by atoms with Crippen LogP contribution in [0.4, 0.5) is 4.39 Å². The molecule has 3 nitrogen and oxygen atoms in total. The van der Waals surface area contributed by atoms with Gasteiger partial charge in [-0.2, -0.15) is 0 Å². The maximum atomic E-state index is 13.4. The van der Waals surface area contributed by atoms with Crippen molar-refractivity contribution in [2.75, 3.05) is 19.6 Å². The average Bonchev–Trinajstić information content (AvgIpc) is 2.67. The lowest BCUT2D eigenvalue weighted by atomic mass is 9.95. The summed E-state index contributed by atoms with van der Waals surface area (Å²) in [6.45, 7) is 21.2. The largest absolute Gasteiger partial charge is 0.369 e. The van der Waals surface area contributed by atoms with Crippen molar-refractivity contribution in [3.63, 3.8) is 0 Å². The fraction of sp³-hybridized carbons (Fsp3) is 0.400. The lowest BCUT2D eigenvalue weighted by Gasteiger charge is -2.48. The molecule has 1 aliphatic heterocycles. The molecule has 0 aliphatic carbocycles. The minimum atomic E-state index is -0.220. The molecule has 0 aromatic heterocycles. The molecule has 1 aromatic carbocycles. The van der Waals surface area contributed by atoms with E-state index in [1.165, 1.54) is 17.7 Å². The van der Waals surface area contributed by atoms with Gasteiger partial charge in [-0.25, -0.2) is 9.38 Å². The summed E-state index contributed by atoms with van der Waals surface area (Å²) in [6.07, 6.45) is 6.58. The minimum Gasteiger partial charge on any atom is -0.369 e. The Morgan fingerprint density at radius 3 is 2.31 bits per heavy atom. The molecule has 1 aromatic rings. The summed E-state index contributed by atoms with van der Waals surface area (Å²) in [6, 6.07) is 6.70. The lowest BCUT2D eigenvalue weighted by Crippen LogP contribution is -2.58. The van der Waals surface area contributed by atoms with Crippen molar-refractivity contribution in [3.8, 4) is 0 Å². The van der Waals surface area contributed by atoms with E-state index in [0.29, 0.717) is 0 Å². The fourth-order valence-corrected chi connectivity index (χ4v) is 3.76. The molecule has 1 heterocycles. The maximum absolute atomic E-state index is 13.4. The van der Waals surface area contributed by atoms with E-state index >= 15 is 0 Å². The van der Waals surface area contributed by atoms with Gasteiger partial charge in [0, 0.05) is 31.4 Å². The van der Waals surface area contributed by atoms with Crippen LogP contribution in [0.1, 0.15) is 46.6 Å². The van der Waals surface area contributed by atoms with Gasteiger partial charge in [0.15, 0.2) is 0 Å². The first-order valence-electron chi connectivity index (χ1n) is 10.2. The smallest absolute Gasteiger partial charge is 0.135 e. The van der Waals surface area contributed by atoms with E-state index in [-0.39, 0.29) is 11.4 Å². The topological polar surface area (TPSA) is 18.8 Å². The summed E-state index contributed by atoms with van der Waals surface area (Å²) < 4.78 is 13.4. The van der Waals surface area contributed by atoms with Crippen LogP contribution in [-0.4, -0.2) is 40.8 Å². The standard InChI is InChI=1S/C25H34FN3/c1-8-20(21-11-13-22(26)14-12-21)17-23(19(4)5)24(27-9-2)28-15-16-29(10-3)25(6,7)18-28/h9-14,17H,2-3,8,15-16,18H2,1,4-7H3/b20-17+,27-24?. The van der Waals surface area contributed by atoms with Gasteiger partial charge in [-0.05, 0) is 69.7 Å². The molecule has 0 radical (unpaired) electrons. The van der Waals surface area contributed by atoms with Crippen molar-refractivity contribution < 1.29 is 4.39 Å². The molecule has 2 rings (SSSR count). The molecular weight excluding hydrogens is 361 g/mol. The molecule has 156 valence electrons. The van der Waals surface area contributed by atoms with Crippen LogP contribution in [0.3, 0.4) is 0 Å². The molecule has 0 unspecified atom stereocenters. The van der Waals surface area contributed by atoms with Crippen molar-refractivity contribution in [2.24, 2.45) is 4.99 Å². The molecule has 4 heteroatoms.